The summed E-state index contributed by atoms with van der Waals surface area (Å²) in [5.41, 5.74) is 6.15. The van der Waals surface area contributed by atoms with Crippen molar-refractivity contribution in [3.63, 3.8) is 0 Å². The fourth-order valence-corrected chi connectivity index (χ4v) is 3.56. The molecule has 1 spiro atoms. The van der Waals surface area contributed by atoms with Crippen LogP contribution >= 0.6 is 27.5 Å². The van der Waals surface area contributed by atoms with Crippen molar-refractivity contribution < 1.29 is 13.9 Å². The Balaban J connectivity index is 2.08. The highest BCUT2D eigenvalue weighted by molar-refractivity contribution is 9.10. The number of amidine groups is 1. The molecule has 2 aliphatic rings. The van der Waals surface area contributed by atoms with E-state index in [0.29, 0.717) is 24.3 Å². The number of aromatic nitrogens is 1. The van der Waals surface area contributed by atoms with Gasteiger partial charge in [0, 0.05) is 22.0 Å². The number of nitrogens with two attached hydrogens (primary N) is 1. The van der Waals surface area contributed by atoms with Gasteiger partial charge in [0.15, 0.2) is 5.75 Å². The van der Waals surface area contributed by atoms with Gasteiger partial charge in [0.25, 0.3) is 12.0 Å². The average Bonchev–Trinajstić information content (AvgIpc) is 2.50. The van der Waals surface area contributed by atoms with Gasteiger partial charge in [-0.1, -0.05) is 27.5 Å². The molecule has 4 rings (SSSR count). The minimum Gasteiger partial charge on any atom is -0.465 e. The Morgan fingerprint density at radius 1 is 1.30 bits per heavy atom. The number of aliphatic imine (C=N–C) groups is 1. The van der Waals surface area contributed by atoms with Crippen molar-refractivity contribution in [1.29, 1.82) is 0 Å². The second-order valence-electron chi connectivity index (χ2n) is 5.26. The molecule has 0 radical (unpaired) electrons. The fourth-order valence-electron chi connectivity index (χ4n) is 3.02. The SMILES string of the molecule is NC1=NC2(CCO1)c1cc(Br)ccc1Oc1c2cc(Cl)nc1F. The van der Waals surface area contributed by atoms with Gasteiger partial charge < -0.3 is 15.2 Å². The van der Waals surface area contributed by atoms with Crippen molar-refractivity contribution in [2.24, 2.45) is 10.7 Å². The van der Waals surface area contributed by atoms with E-state index in [1.54, 1.807) is 12.1 Å². The van der Waals surface area contributed by atoms with Crippen LogP contribution in [-0.2, 0) is 10.3 Å². The van der Waals surface area contributed by atoms with Crippen molar-refractivity contribution >= 4 is 33.6 Å². The lowest BCUT2D eigenvalue weighted by atomic mass is 9.78. The normalized spacial score (nSPS) is 21.8. The summed E-state index contributed by atoms with van der Waals surface area (Å²) in [5.74, 6) is -0.259. The molecule has 0 fully saturated rings. The molecular weight excluding hydrogens is 389 g/mol. The van der Waals surface area contributed by atoms with Gasteiger partial charge in [-0.2, -0.15) is 4.39 Å². The van der Waals surface area contributed by atoms with Gasteiger partial charge in [0.1, 0.15) is 16.4 Å². The van der Waals surface area contributed by atoms with E-state index in [0.717, 1.165) is 10.0 Å². The monoisotopic (exact) mass is 397 g/mol. The Morgan fingerprint density at radius 2 is 2.13 bits per heavy atom. The first kappa shape index (κ1) is 14.7. The van der Waals surface area contributed by atoms with Gasteiger partial charge in [-0.3, -0.25) is 0 Å². The first-order valence-electron chi connectivity index (χ1n) is 6.82. The Hall–Kier alpha value is -1.86. The van der Waals surface area contributed by atoms with Crippen molar-refractivity contribution in [3.05, 3.63) is 51.0 Å². The van der Waals surface area contributed by atoms with Crippen LogP contribution in [0.15, 0.2) is 33.7 Å². The quantitative estimate of drug-likeness (QED) is 0.687. The second kappa shape index (κ2) is 5.07. The van der Waals surface area contributed by atoms with Crippen LogP contribution in [-0.4, -0.2) is 17.6 Å². The Bertz CT molecular complexity index is 861. The van der Waals surface area contributed by atoms with Crippen LogP contribution < -0.4 is 10.5 Å². The van der Waals surface area contributed by atoms with E-state index in [9.17, 15) is 4.39 Å². The summed E-state index contributed by atoms with van der Waals surface area (Å²) in [5, 5.41) is 0.0305. The molecular formula is C15H10BrClFN3O2. The zero-order valence-corrected chi connectivity index (χ0v) is 14.0. The number of nitrogens with zero attached hydrogens (tertiary/aromatic N) is 2. The highest BCUT2D eigenvalue weighted by atomic mass is 79.9. The predicted octanol–water partition coefficient (Wildman–Crippen LogP) is 3.72. The molecule has 0 bridgehead atoms. The number of halogens is 3. The third kappa shape index (κ3) is 2.18. The number of hydrogen-bond acceptors (Lipinski definition) is 5. The van der Waals surface area contributed by atoms with E-state index in [-0.39, 0.29) is 16.9 Å². The first-order chi connectivity index (χ1) is 11.0. The minimum absolute atomic E-state index is 0.0164. The molecule has 0 saturated carbocycles. The van der Waals surface area contributed by atoms with E-state index >= 15 is 0 Å². The Kier molecular flexibility index (Phi) is 3.24. The molecule has 2 aromatic rings. The predicted molar refractivity (Wildman–Crippen MR) is 86.4 cm³/mol. The van der Waals surface area contributed by atoms with Crippen LogP contribution in [0.4, 0.5) is 4.39 Å². The van der Waals surface area contributed by atoms with Gasteiger partial charge in [-0.15, -0.1) is 0 Å². The highest BCUT2D eigenvalue weighted by Crippen LogP contribution is 2.53. The van der Waals surface area contributed by atoms with E-state index in [1.807, 2.05) is 12.1 Å². The summed E-state index contributed by atoms with van der Waals surface area (Å²) in [6.45, 7) is 0.349. The fraction of sp³-hybridized carbons (Fsp3) is 0.200. The van der Waals surface area contributed by atoms with E-state index in [2.05, 4.69) is 25.9 Å². The maximum absolute atomic E-state index is 14.3. The van der Waals surface area contributed by atoms with Gasteiger partial charge in [0.05, 0.1) is 6.61 Å². The van der Waals surface area contributed by atoms with Crippen LogP contribution in [0.2, 0.25) is 5.15 Å². The van der Waals surface area contributed by atoms with Crippen LogP contribution in [0.3, 0.4) is 0 Å². The number of hydrogen-bond donors (Lipinski definition) is 1. The van der Waals surface area contributed by atoms with Gasteiger partial charge >= 0.3 is 0 Å². The lowest BCUT2D eigenvalue weighted by Gasteiger charge is -2.39. The molecule has 2 aliphatic heterocycles. The molecule has 0 aliphatic carbocycles. The summed E-state index contributed by atoms with van der Waals surface area (Å²) in [6, 6.07) is 7.05. The van der Waals surface area contributed by atoms with Gasteiger partial charge in [0.2, 0.25) is 0 Å². The van der Waals surface area contributed by atoms with Gasteiger partial charge in [-0.25, -0.2) is 9.98 Å². The lowest BCUT2D eigenvalue weighted by molar-refractivity contribution is 0.217. The third-order valence-electron chi connectivity index (χ3n) is 3.96. The van der Waals surface area contributed by atoms with E-state index < -0.39 is 11.5 Å². The van der Waals surface area contributed by atoms with Crippen LogP contribution in [0.1, 0.15) is 17.5 Å². The number of pyridine rings is 1. The minimum atomic E-state index is -0.914. The van der Waals surface area contributed by atoms with Crippen molar-refractivity contribution in [1.82, 2.24) is 4.98 Å². The summed E-state index contributed by atoms with van der Waals surface area (Å²) >= 11 is 9.40. The topological polar surface area (TPSA) is 69.7 Å². The number of rotatable bonds is 0. The van der Waals surface area contributed by atoms with Crippen molar-refractivity contribution in [2.45, 2.75) is 12.0 Å². The summed E-state index contributed by atoms with van der Waals surface area (Å²) < 4.78 is 26.1. The standard InChI is InChI=1S/C15H10BrClFN3O2/c16-7-1-2-10-8(5-7)15(3-4-22-14(19)21-15)9-6-11(17)20-13(18)12(9)23-10/h1-2,5-6H,3-4H2,(H2,19,21). The number of ether oxygens (including phenoxy) is 2. The highest BCUT2D eigenvalue weighted by Gasteiger charge is 2.46. The van der Waals surface area contributed by atoms with E-state index in [1.165, 1.54) is 0 Å². The molecule has 0 amide bonds. The van der Waals surface area contributed by atoms with Crippen molar-refractivity contribution in [2.75, 3.05) is 6.61 Å². The molecule has 5 nitrogen and oxygen atoms in total. The average molecular weight is 399 g/mol. The largest absolute Gasteiger partial charge is 0.465 e. The number of fused-ring (bicyclic) bond motifs is 4. The zero-order chi connectivity index (χ0) is 16.2. The second-order valence-corrected chi connectivity index (χ2v) is 6.57. The molecule has 8 heteroatoms. The first-order valence-corrected chi connectivity index (χ1v) is 7.99. The summed E-state index contributed by atoms with van der Waals surface area (Å²) in [4.78, 5) is 8.13. The molecule has 2 N–H and O–H groups in total. The lowest BCUT2D eigenvalue weighted by Crippen LogP contribution is -2.38. The molecule has 118 valence electrons. The molecule has 1 atom stereocenters. The molecule has 0 saturated heterocycles. The molecule has 1 aromatic carbocycles. The van der Waals surface area contributed by atoms with Crippen molar-refractivity contribution in [3.8, 4) is 11.5 Å². The molecule has 1 unspecified atom stereocenters. The summed E-state index contributed by atoms with van der Waals surface area (Å²) in [7, 11) is 0. The van der Waals surface area contributed by atoms with Crippen LogP contribution in [0, 0.1) is 5.95 Å². The summed E-state index contributed by atoms with van der Waals surface area (Å²) in [6.07, 6.45) is 0.479. The maximum Gasteiger partial charge on any atom is 0.283 e. The van der Waals surface area contributed by atoms with E-state index in [4.69, 9.17) is 26.8 Å². The van der Waals surface area contributed by atoms with Crippen LogP contribution in [0.5, 0.6) is 11.5 Å². The Labute approximate surface area is 144 Å². The smallest absolute Gasteiger partial charge is 0.283 e. The van der Waals surface area contributed by atoms with Crippen LogP contribution in [0.25, 0.3) is 0 Å². The molecule has 1 aromatic heterocycles. The zero-order valence-electron chi connectivity index (χ0n) is 11.6. The third-order valence-corrected chi connectivity index (χ3v) is 4.65. The number of benzene rings is 1. The molecule has 3 heterocycles. The molecule has 23 heavy (non-hydrogen) atoms. The van der Waals surface area contributed by atoms with Gasteiger partial charge in [-0.05, 0) is 24.3 Å². The maximum atomic E-state index is 14.3. The Morgan fingerprint density at radius 3 is 2.91 bits per heavy atom.